The Morgan fingerprint density at radius 1 is 1.56 bits per heavy atom. The van der Waals surface area contributed by atoms with Crippen LogP contribution in [0, 0.1) is 0 Å². The van der Waals surface area contributed by atoms with E-state index in [4.69, 9.17) is 11.6 Å². The lowest BCUT2D eigenvalue weighted by atomic mass is 10.4. The van der Waals surface area contributed by atoms with E-state index in [1.807, 2.05) is 12.1 Å². The predicted molar refractivity (Wildman–Crippen MR) is 68.0 cm³/mol. The van der Waals surface area contributed by atoms with Gasteiger partial charge >= 0.3 is 0 Å². The molecule has 0 radical (unpaired) electrons. The molecule has 1 aromatic rings. The molecule has 1 aromatic heterocycles. The summed E-state index contributed by atoms with van der Waals surface area (Å²) >= 11 is 5.81. The van der Waals surface area contributed by atoms with Crippen LogP contribution in [0.5, 0.6) is 0 Å². The van der Waals surface area contributed by atoms with Gasteiger partial charge in [-0.05, 0) is 31.5 Å². The smallest absolute Gasteiger partial charge is 0.131 e. The van der Waals surface area contributed by atoms with Crippen molar-refractivity contribution in [1.29, 1.82) is 0 Å². The fourth-order valence-corrected chi connectivity index (χ4v) is 2.07. The first-order valence-corrected chi connectivity index (χ1v) is 6.27. The van der Waals surface area contributed by atoms with E-state index in [2.05, 4.69) is 22.1 Å². The topological polar surface area (TPSA) is 28.2 Å². The molecule has 0 unspecified atom stereocenters. The van der Waals surface area contributed by atoms with Gasteiger partial charge in [0.25, 0.3) is 0 Å². The van der Waals surface area contributed by atoms with E-state index < -0.39 is 0 Å². The maximum absolute atomic E-state index is 5.81. The highest BCUT2D eigenvalue weighted by Crippen LogP contribution is 2.26. The Morgan fingerprint density at radius 3 is 3.00 bits per heavy atom. The molecule has 0 amide bonds. The van der Waals surface area contributed by atoms with E-state index in [0.717, 1.165) is 31.4 Å². The van der Waals surface area contributed by atoms with E-state index in [0.29, 0.717) is 5.15 Å². The molecule has 1 saturated carbocycles. The molecule has 88 valence electrons. The molecule has 1 aliphatic carbocycles. The lowest BCUT2D eigenvalue weighted by Gasteiger charge is -2.20. The SMILES string of the molecule is CCN(CCNc1ccnc(Cl)c1)C1CC1. The summed E-state index contributed by atoms with van der Waals surface area (Å²) < 4.78 is 0. The third-order valence-corrected chi connectivity index (χ3v) is 3.13. The molecule has 0 aliphatic heterocycles. The van der Waals surface area contributed by atoms with Gasteiger partial charge in [0.05, 0.1) is 0 Å². The Bertz CT molecular complexity index is 339. The zero-order chi connectivity index (χ0) is 11.4. The van der Waals surface area contributed by atoms with Crippen molar-refractivity contribution >= 4 is 17.3 Å². The van der Waals surface area contributed by atoms with Crippen molar-refractivity contribution in [2.45, 2.75) is 25.8 Å². The summed E-state index contributed by atoms with van der Waals surface area (Å²) in [5, 5.41) is 3.91. The minimum absolute atomic E-state index is 0.541. The van der Waals surface area contributed by atoms with Crippen LogP contribution in [0.25, 0.3) is 0 Å². The van der Waals surface area contributed by atoms with Crippen LogP contribution in [0.1, 0.15) is 19.8 Å². The summed E-state index contributed by atoms with van der Waals surface area (Å²) in [6.45, 7) is 5.43. The first kappa shape index (κ1) is 11.7. The first-order chi connectivity index (χ1) is 7.79. The lowest BCUT2D eigenvalue weighted by molar-refractivity contribution is 0.289. The Balaban J connectivity index is 1.74. The Morgan fingerprint density at radius 2 is 2.38 bits per heavy atom. The molecule has 0 saturated heterocycles. The van der Waals surface area contributed by atoms with E-state index in [1.165, 1.54) is 12.8 Å². The van der Waals surface area contributed by atoms with E-state index in [1.54, 1.807) is 6.20 Å². The average molecular weight is 240 g/mol. The van der Waals surface area contributed by atoms with E-state index >= 15 is 0 Å². The molecule has 1 heterocycles. The number of nitrogens with one attached hydrogen (secondary N) is 1. The van der Waals surface area contributed by atoms with Crippen molar-refractivity contribution in [1.82, 2.24) is 9.88 Å². The van der Waals surface area contributed by atoms with Gasteiger partial charge in [0, 0.05) is 31.0 Å². The van der Waals surface area contributed by atoms with Crippen molar-refractivity contribution in [2.24, 2.45) is 0 Å². The third kappa shape index (κ3) is 3.35. The molecule has 0 spiro atoms. The van der Waals surface area contributed by atoms with Crippen LogP contribution >= 0.6 is 11.6 Å². The standard InChI is InChI=1S/C12H18ClN3/c1-2-16(11-3-4-11)8-7-14-10-5-6-15-12(13)9-10/h5-6,9,11H,2-4,7-8H2,1H3,(H,14,15). The quantitative estimate of drug-likeness (QED) is 0.774. The molecule has 1 aliphatic rings. The van der Waals surface area contributed by atoms with Crippen LogP contribution in [0.3, 0.4) is 0 Å². The number of anilines is 1. The summed E-state index contributed by atoms with van der Waals surface area (Å²) in [6, 6.07) is 4.64. The normalized spacial score (nSPS) is 15.4. The Hall–Kier alpha value is -0.800. The molecular weight excluding hydrogens is 222 g/mol. The number of hydrogen-bond donors (Lipinski definition) is 1. The van der Waals surface area contributed by atoms with Gasteiger partial charge in [-0.3, -0.25) is 4.90 Å². The van der Waals surface area contributed by atoms with Gasteiger partial charge in [0.2, 0.25) is 0 Å². The molecule has 4 heteroatoms. The number of aromatic nitrogens is 1. The summed E-state index contributed by atoms with van der Waals surface area (Å²) in [5.41, 5.74) is 1.05. The zero-order valence-corrected chi connectivity index (χ0v) is 10.4. The number of pyridine rings is 1. The highest BCUT2D eigenvalue weighted by Gasteiger charge is 2.26. The Labute approximate surface area is 102 Å². The zero-order valence-electron chi connectivity index (χ0n) is 9.62. The van der Waals surface area contributed by atoms with Gasteiger partial charge in [0.15, 0.2) is 0 Å². The van der Waals surface area contributed by atoms with Gasteiger partial charge in [0.1, 0.15) is 5.15 Å². The van der Waals surface area contributed by atoms with Crippen LogP contribution in [0.4, 0.5) is 5.69 Å². The van der Waals surface area contributed by atoms with Crippen molar-refractivity contribution < 1.29 is 0 Å². The van der Waals surface area contributed by atoms with Gasteiger partial charge in [-0.2, -0.15) is 0 Å². The van der Waals surface area contributed by atoms with Crippen molar-refractivity contribution in [3.8, 4) is 0 Å². The van der Waals surface area contributed by atoms with Gasteiger partial charge in [-0.25, -0.2) is 4.98 Å². The van der Waals surface area contributed by atoms with Gasteiger partial charge in [-0.1, -0.05) is 18.5 Å². The number of hydrogen-bond acceptors (Lipinski definition) is 3. The second-order valence-electron chi connectivity index (χ2n) is 4.15. The van der Waals surface area contributed by atoms with Crippen LogP contribution in [-0.2, 0) is 0 Å². The summed E-state index contributed by atoms with van der Waals surface area (Å²) in [5.74, 6) is 0. The van der Waals surface area contributed by atoms with Crippen molar-refractivity contribution in [2.75, 3.05) is 25.0 Å². The van der Waals surface area contributed by atoms with Crippen molar-refractivity contribution in [3.05, 3.63) is 23.5 Å². The first-order valence-electron chi connectivity index (χ1n) is 5.89. The lowest BCUT2D eigenvalue weighted by Crippen LogP contribution is -2.30. The number of halogens is 1. The number of nitrogens with zero attached hydrogens (tertiary/aromatic N) is 2. The molecule has 0 atom stereocenters. The van der Waals surface area contributed by atoms with E-state index in [9.17, 15) is 0 Å². The maximum Gasteiger partial charge on any atom is 0.131 e. The third-order valence-electron chi connectivity index (χ3n) is 2.92. The average Bonchev–Trinajstić information content (AvgIpc) is 3.08. The minimum Gasteiger partial charge on any atom is -0.384 e. The summed E-state index contributed by atoms with van der Waals surface area (Å²) in [6.07, 6.45) is 4.47. The van der Waals surface area contributed by atoms with Crippen molar-refractivity contribution in [3.63, 3.8) is 0 Å². The summed E-state index contributed by atoms with van der Waals surface area (Å²) in [4.78, 5) is 6.48. The largest absolute Gasteiger partial charge is 0.384 e. The molecule has 16 heavy (non-hydrogen) atoms. The maximum atomic E-state index is 5.81. The molecular formula is C12H18ClN3. The molecule has 3 nitrogen and oxygen atoms in total. The summed E-state index contributed by atoms with van der Waals surface area (Å²) in [7, 11) is 0. The fraction of sp³-hybridized carbons (Fsp3) is 0.583. The molecule has 1 fully saturated rings. The Kier molecular flexibility index (Phi) is 4.02. The van der Waals surface area contributed by atoms with Gasteiger partial charge in [-0.15, -0.1) is 0 Å². The second-order valence-corrected chi connectivity index (χ2v) is 4.54. The molecule has 0 aromatic carbocycles. The van der Waals surface area contributed by atoms with Crippen LogP contribution in [0.15, 0.2) is 18.3 Å². The molecule has 2 rings (SSSR count). The fourth-order valence-electron chi connectivity index (χ4n) is 1.89. The second kappa shape index (κ2) is 5.51. The number of likely N-dealkylation sites (N-methyl/N-ethyl adjacent to an activating group) is 1. The predicted octanol–water partition coefficient (Wildman–Crippen LogP) is 2.63. The van der Waals surface area contributed by atoms with Crippen LogP contribution < -0.4 is 5.32 Å². The van der Waals surface area contributed by atoms with Crippen LogP contribution in [-0.4, -0.2) is 35.6 Å². The highest BCUT2D eigenvalue weighted by atomic mass is 35.5. The highest BCUT2D eigenvalue weighted by molar-refractivity contribution is 6.29. The van der Waals surface area contributed by atoms with Gasteiger partial charge < -0.3 is 5.32 Å². The minimum atomic E-state index is 0.541. The van der Waals surface area contributed by atoms with Crippen LogP contribution in [0.2, 0.25) is 5.15 Å². The monoisotopic (exact) mass is 239 g/mol. The van der Waals surface area contributed by atoms with E-state index in [-0.39, 0.29) is 0 Å². The number of rotatable bonds is 6. The molecule has 1 N–H and O–H groups in total. The molecule has 0 bridgehead atoms.